The van der Waals surface area contributed by atoms with Crippen LogP contribution >= 0.6 is 0 Å². The number of phenolic OH excluding ortho intramolecular Hbond substituents is 1. The van der Waals surface area contributed by atoms with E-state index in [-0.39, 0.29) is 11.5 Å². The number of anilines is 1. The lowest BCUT2D eigenvalue weighted by molar-refractivity contribution is 0.0998. The number of hydrogen-bond donors (Lipinski definition) is 1. The van der Waals surface area contributed by atoms with E-state index in [4.69, 9.17) is 0 Å². The molecule has 0 aliphatic carbocycles. The lowest BCUT2D eigenvalue weighted by atomic mass is 10.0. The van der Waals surface area contributed by atoms with Gasteiger partial charge in [0.25, 0.3) is 0 Å². The Morgan fingerprint density at radius 2 is 1.85 bits per heavy atom. The topological polar surface area (TPSA) is 40.5 Å². The quantitative estimate of drug-likeness (QED) is 0.869. The standard InChI is InChI=1S/C17H17NO2/c19-15-9-7-14(8-10-15)17(20)12-18-11-3-5-13-4-1-2-6-16(13)18/h1-2,4,6-10,19H,3,5,11-12H2. The summed E-state index contributed by atoms with van der Waals surface area (Å²) in [4.78, 5) is 14.5. The second kappa shape index (κ2) is 5.37. The van der Waals surface area contributed by atoms with Crippen LogP contribution in [0.15, 0.2) is 48.5 Å². The molecule has 3 rings (SSSR count). The van der Waals surface area contributed by atoms with Crippen LogP contribution in [0.25, 0.3) is 0 Å². The fraction of sp³-hybridized carbons (Fsp3) is 0.235. The number of aromatic hydroxyl groups is 1. The van der Waals surface area contributed by atoms with Crippen LogP contribution in [0.2, 0.25) is 0 Å². The average Bonchev–Trinajstić information content (AvgIpc) is 2.48. The number of benzene rings is 2. The van der Waals surface area contributed by atoms with Crippen LogP contribution in [0.3, 0.4) is 0 Å². The van der Waals surface area contributed by atoms with Crippen molar-refractivity contribution in [1.82, 2.24) is 0 Å². The Morgan fingerprint density at radius 3 is 2.65 bits per heavy atom. The minimum Gasteiger partial charge on any atom is -0.508 e. The summed E-state index contributed by atoms with van der Waals surface area (Å²) in [6.45, 7) is 1.31. The first-order valence-electron chi connectivity index (χ1n) is 6.89. The number of Topliss-reactive ketones (excluding diaryl/α,β-unsaturated/α-hetero) is 1. The van der Waals surface area contributed by atoms with E-state index in [1.54, 1.807) is 24.3 Å². The summed E-state index contributed by atoms with van der Waals surface area (Å²) < 4.78 is 0. The number of fused-ring (bicyclic) bond motifs is 1. The summed E-state index contributed by atoms with van der Waals surface area (Å²) in [7, 11) is 0. The van der Waals surface area contributed by atoms with Crippen molar-refractivity contribution in [2.45, 2.75) is 12.8 Å². The number of carbonyl (C=O) groups excluding carboxylic acids is 1. The van der Waals surface area contributed by atoms with E-state index in [1.807, 2.05) is 12.1 Å². The van der Waals surface area contributed by atoms with Gasteiger partial charge in [-0.1, -0.05) is 18.2 Å². The van der Waals surface area contributed by atoms with E-state index in [0.29, 0.717) is 12.1 Å². The van der Waals surface area contributed by atoms with Gasteiger partial charge in [-0.2, -0.15) is 0 Å². The van der Waals surface area contributed by atoms with Crippen molar-refractivity contribution in [2.75, 3.05) is 18.0 Å². The molecule has 0 amide bonds. The van der Waals surface area contributed by atoms with Crippen LogP contribution < -0.4 is 4.90 Å². The number of hydrogen-bond acceptors (Lipinski definition) is 3. The maximum absolute atomic E-state index is 12.3. The van der Waals surface area contributed by atoms with Gasteiger partial charge in [-0.05, 0) is 48.7 Å². The number of phenols is 1. The monoisotopic (exact) mass is 267 g/mol. The largest absolute Gasteiger partial charge is 0.508 e. The summed E-state index contributed by atoms with van der Waals surface area (Å²) in [5.41, 5.74) is 3.13. The lowest BCUT2D eigenvalue weighted by Gasteiger charge is -2.30. The molecule has 1 aliphatic rings. The highest BCUT2D eigenvalue weighted by Gasteiger charge is 2.19. The number of ketones is 1. The molecule has 0 aromatic heterocycles. The molecule has 0 spiro atoms. The number of nitrogens with zero attached hydrogens (tertiary/aromatic N) is 1. The van der Waals surface area contributed by atoms with Crippen molar-refractivity contribution in [3.8, 4) is 5.75 Å². The summed E-state index contributed by atoms with van der Waals surface area (Å²) in [5, 5.41) is 9.27. The lowest BCUT2D eigenvalue weighted by Crippen LogP contribution is -2.34. The van der Waals surface area contributed by atoms with Gasteiger partial charge < -0.3 is 10.0 Å². The van der Waals surface area contributed by atoms with Gasteiger partial charge in [0.15, 0.2) is 5.78 Å². The van der Waals surface area contributed by atoms with Crippen LogP contribution in [0.1, 0.15) is 22.3 Å². The number of para-hydroxylation sites is 1. The molecule has 102 valence electrons. The molecule has 0 saturated carbocycles. The Labute approximate surface area is 118 Å². The average molecular weight is 267 g/mol. The van der Waals surface area contributed by atoms with Crippen molar-refractivity contribution in [1.29, 1.82) is 0 Å². The second-order valence-corrected chi connectivity index (χ2v) is 5.12. The molecule has 1 N–H and O–H groups in total. The summed E-state index contributed by atoms with van der Waals surface area (Å²) in [6.07, 6.45) is 2.17. The summed E-state index contributed by atoms with van der Waals surface area (Å²) in [5.74, 6) is 0.270. The normalized spacial score (nSPS) is 13.9. The highest BCUT2D eigenvalue weighted by atomic mass is 16.3. The van der Waals surface area contributed by atoms with E-state index < -0.39 is 0 Å². The van der Waals surface area contributed by atoms with Crippen LogP contribution in [0.4, 0.5) is 5.69 Å². The molecule has 0 unspecified atom stereocenters. The fourth-order valence-corrected chi connectivity index (χ4v) is 2.69. The summed E-state index contributed by atoms with van der Waals surface area (Å²) in [6, 6.07) is 14.7. The third-order valence-corrected chi connectivity index (χ3v) is 3.73. The van der Waals surface area contributed by atoms with Crippen LogP contribution in [0.5, 0.6) is 5.75 Å². The molecule has 20 heavy (non-hydrogen) atoms. The van der Waals surface area contributed by atoms with E-state index in [1.165, 1.54) is 11.3 Å². The Bertz CT molecular complexity index is 619. The van der Waals surface area contributed by atoms with E-state index in [0.717, 1.165) is 19.4 Å². The molecule has 2 aromatic carbocycles. The highest BCUT2D eigenvalue weighted by molar-refractivity contribution is 5.99. The molecule has 0 fully saturated rings. The molecule has 0 bridgehead atoms. The van der Waals surface area contributed by atoms with Crippen LogP contribution in [-0.2, 0) is 6.42 Å². The van der Waals surface area contributed by atoms with Gasteiger partial charge in [-0.3, -0.25) is 4.79 Å². The molecule has 1 aliphatic heterocycles. The highest BCUT2D eigenvalue weighted by Crippen LogP contribution is 2.26. The maximum Gasteiger partial charge on any atom is 0.182 e. The SMILES string of the molecule is O=C(CN1CCCc2ccccc21)c1ccc(O)cc1. The fourth-order valence-electron chi connectivity index (χ4n) is 2.69. The summed E-state index contributed by atoms with van der Waals surface area (Å²) >= 11 is 0. The van der Waals surface area contributed by atoms with E-state index >= 15 is 0 Å². The third-order valence-electron chi connectivity index (χ3n) is 3.73. The van der Waals surface area contributed by atoms with Crippen molar-refractivity contribution in [3.63, 3.8) is 0 Å². The number of rotatable bonds is 3. The van der Waals surface area contributed by atoms with Gasteiger partial charge in [0.2, 0.25) is 0 Å². The predicted molar refractivity (Wildman–Crippen MR) is 79.4 cm³/mol. The van der Waals surface area contributed by atoms with Crippen molar-refractivity contribution in [2.24, 2.45) is 0 Å². The smallest absolute Gasteiger partial charge is 0.182 e. The number of aryl methyl sites for hydroxylation is 1. The minimum atomic E-state index is 0.0849. The van der Waals surface area contributed by atoms with Gasteiger partial charge in [-0.15, -0.1) is 0 Å². The van der Waals surface area contributed by atoms with Crippen molar-refractivity contribution < 1.29 is 9.90 Å². The first-order valence-corrected chi connectivity index (χ1v) is 6.89. The molecule has 0 radical (unpaired) electrons. The predicted octanol–water partition coefficient (Wildman–Crippen LogP) is 3.03. The zero-order valence-corrected chi connectivity index (χ0v) is 11.2. The van der Waals surface area contributed by atoms with Crippen LogP contribution in [0, 0.1) is 0 Å². The van der Waals surface area contributed by atoms with Gasteiger partial charge in [0.05, 0.1) is 6.54 Å². The van der Waals surface area contributed by atoms with Gasteiger partial charge >= 0.3 is 0 Å². The molecule has 0 atom stereocenters. The molecule has 2 aromatic rings. The van der Waals surface area contributed by atoms with Crippen LogP contribution in [-0.4, -0.2) is 24.0 Å². The van der Waals surface area contributed by atoms with Crippen molar-refractivity contribution in [3.05, 3.63) is 59.7 Å². The molecule has 3 heteroatoms. The van der Waals surface area contributed by atoms with Crippen molar-refractivity contribution >= 4 is 11.5 Å². The first kappa shape index (κ1) is 12.7. The number of carbonyl (C=O) groups is 1. The van der Waals surface area contributed by atoms with Gasteiger partial charge in [-0.25, -0.2) is 0 Å². The molecule has 1 heterocycles. The Morgan fingerprint density at radius 1 is 1.10 bits per heavy atom. The van der Waals surface area contributed by atoms with E-state index in [2.05, 4.69) is 17.0 Å². The second-order valence-electron chi connectivity index (χ2n) is 5.12. The van der Waals surface area contributed by atoms with E-state index in [9.17, 15) is 9.90 Å². The van der Waals surface area contributed by atoms with Gasteiger partial charge in [0, 0.05) is 17.8 Å². The zero-order valence-electron chi connectivity index (χ0n) is 11.2. The Hall–Kier alpha value is -2.29. The Kier molecular flexibility index (Phi) is 3.42. The molecule has 0 saturated heterocycles. The van der Waals surface area contributed by atoms with Gasteiger partial charge in [0.1, 0.15) is 5.75 Å². The minimum absolute atomic E-state index is 0.0849. The molecular weight excluding hydrogens is 250 g/mol. The zero-order chi connectivity index (χ0) is 13.9. The first-order chi connectivity index (χ1) is 9.74. The Balaban J connectivity index is 1.79. The molecule has 3 nitrogen and oxygen atoms in total. The maximum atomic E-state index is 12.3. The molecular formula is C17H17NO2. The third kappa shape index (κ3) is 2.52.